The summed E-state index contributed by atoms with van der Waals surface area (Å²) in [7, 11) is 1.26. The summed E-state index contributed by atoms with van der Waals surface area (Å²) in [5, 5.41) is 9.11. The number of phenols is 1. The van der Waals surface area contributed by atoms with Gasteiger partial charge in [0, 0.05) is 0 Å². The Balaban J connectivity index is 0.000000199. The van der Waals surface area contributed by atoms with Crippen LogP contribution >= 0.6 is 0 Å². The Morgan fingerprint density at radius 2 is 1.00 bits per heavy atom. The van der Waals surface area contributed by atoms with Gasteiger partial charge in [0.2, 0.25) is 0 Å². The van der Waals surface area contributed by atoms with Gasteiger partial charge in [-0.05, 0) is 48.5 Å². The van der Waals surface area contributed by atoms with Gasteiger partial charge in [-0.25, -0.2) is 4.79 Å². The number of hydrogen-bond acceptors (Lipinski definition) is 3. The molecule has 4 aromatic rings. The first-order valence-electron chi connectivity index (χ1n) is 9.46. The Bertz CT molecular complexity index is 957. The molecule has 0 spiro atoms. The van der Waals surface area contributed by atoms with Crippen LogP contribution in [0.1, 0.15) is 10.4 Å². The first-order chi connectivity index (χ1) is 14.7. The third kappa shape index (κ3) is 5.52. The van der Waals surface area contributed by atoms with Crippen LogP contribution in [0.2, 0.25) is 0 Å². The summed E-state index contributed by atoms with van der Waals surface area (Å²) in [6, 6.07) is 38.4. The Labute approximate surface area is 179 Å². The fourth-order valence-corrected chi connectivity index (χ4v) is 4.94. The lowest BCUT2D eigenvalue weighted by atomic mass is 10.2. The third-order valence-electron chi connectivity index (χ3n) is 4.25. The zero-order valence-corrected chi connectivity index (χ0v) is 17.5. The number of carbonyl (C=O) groups excluding carboxylic acids is 1. The minimum absolute atomic E-state index is 0.0146. The minimum atomic E-state index is -0.525. The van der Waals surface area contributed by atoms with E-state index in [0.29, 0.717) is 0 Å². The summed E-state index contributed by atoms with van der Waals surface area (Å²) in [4.78, 5) is 14.9. The highest BCUT2D eigenvalue weighted by Gasteiger charge is 2.27. The lowest BCUT2D eigenvalue weighted by Crippen LogP contribution is -2.04. The van der Waals surface area contributed by atoms with Gasteiger partial charge in [0.1, 0.15) is 11.3 Å². The van der Waals surface area contributed by atoms with Gasteiger partial charge < -0.3 is 9.84 Å². The van der Waals surface area contributed by atoms with Crippen LogP contribution < -0.4 is 0 Å². The highest BCUT2D eigenvalue weighted by molar-refractivity contribution is 7.97. The van der Waals surface area contributed by atoms with E-state index in [0.717, 1.165) is 0 Å². The molecule has 4 aromatic carbocycles. The van der Waals surface area contributed by atoms with E-state index in [-0.39, 0.29) is 22.2 Å². The lowest BCUT2D eigenvalue weighted by Gasteiger charge is -2.07. The van der Waals surface area contributed by atoms with E-state index in [4.69, 9.17) is 5.11 Å². The highest BCUT2D eigenvalue weighted by Crippen LogP contribution is 2.30. The van der Waals surface area contributed by atoms with Gasteiger partial charge in [0.05, 0.1) is 18.0 Å². The number of carbonyl (C=O) groups is 1. The fraction of sp³-hybridized carbons (Fsp3) is 0.0385. The number of phenolic OH excluding ortho intramolecular Hbond substituents is 1. The van der Waals surface area contributed by atoms with Crippen LogP contribution in [-0.2, 0) is 15.6 Å². The van der Waals surface area contributed by atoms with Crippen molar-refractivity contribution in [2.75, 3.05) is 7.11 Å². The number of aromatic hydroxyl groups is 1. The molecule has 0 saturated heterocycles. The summed E-state index contributed by atoms with van der Waals surface area (Å²) in [6.45, 7) is 0. The molecule has 30 heavy (non-hydrogen) atoms. The molecular weight excluding hydrogens is 392 g/mol. The maximum atomic E-state index is 10.9. The molecule has 4 rings (SSSR count). The van der Waals surface area contributed by atoms with E-state index in [1.54, 1.807) is 12.1 Å². The largest absolute Gasteiger partial charge is 0.507 e. The molecule has 150 valence electrons. The van der Waals surface area contributed by atoms with Crippen molar-refractivity contribution in [1.29, 1.82) is 0 Å². The Hall–Kier alpha value is -3.50. The first-order valence-corrected chi connectivity index (χ1v) is 10.7. The monoisotopic (exact) mass is 415 g/mol. The number of rotatable bonds is 4. The van der Waals surface area contributed by atoms with Crippen LogP contribution in [-0.4, -0.2) is 18.2 Å². The normalized spacial score (nSPS) is 10.1. The summed E-state index contributed by atoms with van der Waals surface area (Å²) in [5.41, 5.74) is 0.190. The van der Waals surface area contributed by atoms with Crippen molar-refractivity contribution in [1.82, 2.24) is 0 Å². The van der Waals surface area contributed by atoms with Gasteiger partial charge in [-0.3, -0.25) is 0 Å². The highest BCUT2D eigenvalue weighted by atomic mass is 32.2. The van der Waals surface area contributed by atoms with Crippen molar-refractivity contribution < 1.29 is 14.6 Å². The second-order valence-corrected chi connectivity index (χ2v) is 8.28. The SMILES string of the molecule is COC(=O)c1ccccc1O.c1ccc([S+](c2ccccc2)c2ccccc2)cc1. The van der Waals surface area contributed by atoms with Crippen LogP contribution in [0.4, 0.5) is 0 Å². The van der Waals surface area contributed by atoms with Gasteiger partial charge in [0.15, 0.2) is 14.7 Å². The van der Waals surface area contributed by atoms with Crippen molar-refractivity contribution in [2.24, 2.45) is 0 Å². The topological polar surface area (TPSA) is 46.5 Å². The molecule has 0 atom stereocenters. The van der Waals surface area contributed by atoms with Gasteiger partial charge in [-0.2, -0.15) is 0 Å². The fourth-order valence-electron chi connectivity index (χ4n) is 2.83. The molecule has 4 heteroatoms. The van der Waals surface area contributed by atoms with Crippen LogP contribution in [0.5, 0.6) is 5.75 Å². The summed E-state index contributed by atoms with van der Waals surface area (Å²) >= 11 is 0. The number of methoxy groups -OCH3 is 1. The van der Waals surface area contributed by atoms with Crippen LogP contribution in [0.25, 0.3) is 0 Å². The van der Waals surface area contributed by atoms with Gasteiger partial charge in [-0.15, -0.1) is 0 Å². The number of hydrogen-bond donors (Lipinski definition) is 1. The van der Waals surface area contributed by atoms with Crippen LogP contribution in [0.15, 0.2) is 130 Å². The average molecular weight is 416 g/mol. The number of benzene rings is 4. The first kappa shape index (κ1) is 21.2. The summed E-state index contributed by atoms with van der Waals surface area (Å²) in [5.74, 6) is -0.581. The van der Waals surface area contributed by atoms with Crippen LogP contribution in [0.3, 0.4) is 0 Å². The standard InChI is InChI=1S/C18H15S.C8H8O3/c1-4-10-16(11-5-1)19(17-12-6-2-7-13-17)18-14-8-3-9-15-18;1-11-8(10)6-4-2-3-5-7(6)9/h1-15H;2-5,9H,1H3/q+1;. The quantitative estimate of drug-likeness (QED) is 0.330. The van der Waals surface area contributed by atoms with Crippen molar-refractivity contribution in [3.8, 4) is 5.75 Å². The predicted molar refractivity (Wildman–Crippen MR) is 121 cm³/mol. The van der Waals surface area contributed by atoms with Crippen molar-refractivity contribution in [3.05, 3.63) is 121 Å². The molecule has 0 amide bonds. The molecule has 0 radical (unpaired) electrons. The van der Waals surface area contributed by atoms with E-state index in [1.165, 1.54) is 33.9 Å². The number of esters is 1. The average Bonchev–Trinajstić information content (AvgIpc) is 2.82. The van der Waals surface area contributed by atoms with Crippen molar-refractivity contribution in [3.63, 3.8) is 0 Å². The molecule has 0 aliphatic carbocycles. The molecule has 0 fully saturated rings. The molecule has 0 aliphatic heterocycles. The maximum absolute atomic E-state index is 10.9. The summed E-state index contributed by atoms with van der Waals surface area (Å²) in [6.07, 6.45) is 0. The van der Waals surface area contributed by atoms with Crippen LogP contribution in [0, 0.1) is 0 Å². The molecule has 0 aromatic heterocycles. The second-order valence-electron chi connectivity index (χ2n) is 6.25. The zero-order chi connectivity index (χ0) is 21.2. The Morgan fingerprint density at radius 1 is 0.633 bits per heavy atom. The predicted octanol–water partition coefficient (Wildman–Crippen LogP) is 5.96. The third-order valence-corrected chi connectivity index (χ3v) is 6.48. The van der Waals surface area contributed by atoms with Gasteiger partial charge in [0.25, 0.3) is 0 Å². The molecular formula is C26H23O3S+. The van der Waals surface area contributed by atoms with E-state index in [2.05, 4.69) is 95.7 Å². The van der Waals surface area contributed by atoms with Gasteiger partial charge in [-0.1, -0.05) is 66.7 Å². The van der Waals surface area contributed by atoms with Crippen molar-refractivity contribution >= 4 is 16.9 Å². The second kappa shape index (κ2) is 10.9. The lowest BCUT2D eigenvalue weighted by molar-refractivity contribution is 0.0597. The van der Waals surface area contributed by atoms with Gasteiger partial charge >= 0.3 is 5.97 Å². The minimum Gasteiger partial charge on any atom is -0.507 e. The number of para-hydroxylation sites is 1. The number of ether oxygens (including phenoxy) is 1. The molecule has 0 saturated carbocycles. The van der Waals surface area contributed by atoms with E-state index in [1.807, 2.05) is 0 Å². The molecule has 0 aliphatic rings. The van der Waals surface area contributed by atoms with Crippen molar-refractivity contribution in [2.45, 2.75) is 14.7 Å². The molecule has 0 heterocycles. The molecule has 1 N–H and O–H groups in total. The van der Waals surface area contributed by atoms with E-state index in [9.17, 15) is 4.79 Å². The molecule has 0 unspecified atom stereocenters. The molecule has 3 nitrogen and oxygen atoms in total. The van der Waals surface area contributed by atoms with E-state index < -0.39 is 5.97 Å². The maximum Gasteiger partial charge on any atom is 0.341 e. The Kier molecular flexibility index (Phi) is 7.70. The van der Waals surface area contributed by atoms with E-state index >= 15 is 0 Å². The summed E-state index contributed by atoms with van der Waals surface area (Å²) < 4.78 is 4.42. The zero-order valence-electron chi connectivity index (χ0n) is 16.6. The molecule has 0 bridgehead atoms. The smallest absolute Gasteiger partial charge is 0.341 e. The Morgan fingerprint density at radius 3 is 1.37 bits per heavy atom.